The van der Waals surface area contributed by atoms with Gasteiger partial charge in [0.1, 0.15) is 27.1 Å². The molecule has 0 amide bonds. The Labute approximate surface area is 228 Å². The normalized spacial score (nSPS) is 12.1. The first-order valence-corrected chi connectivity index (χ1v) is 12.8. The average Bonchev–Trinajstić information content (AvgIpc) is 2.92. The molecule has 0 aliphatic rings. The number of carboxylic acid groups (broad SMARTS) is 1. The summed E-state index contributed by atoms with van der Waals surface area (Å²) in [6.07, 6.45) is 0. The lowest BCUT2D eigenvalue weighted by Gasteiger charge is -2.16. The van der Waals surface area contributed by atoms with Gasteiger partial charge in [-0.15, -0.1) is 15.3 Å². The van der Waals surface area contributed by atoms with Gasteiger partial charge in [-0.1, -0.05) is 48.2 Å². The Morgan fingerprint density at radius 1 is 0.675 bits per heavy atom. The van der Waals surface area contributed by atoms with Crippen molar-refractivity contribution in [3.8, 4) is 17.2 Å². The lowest BCUT2D eigenvalue weighted by Crippen LogP contribution is -2.00. The Balaban J connectivity index is 0.00000242. The third-order valence-corrected chi connectivity index (χ3v) is 6.87. The molecule has 204 valence electrons. The maximum Gasteiger partial charge on any atom is 0.343 e. The molecule has 0 aliphatic carbocycles. The van der Waals surface area contributed by atoms with Crippen LogP contribution in [0.15, 0.2) is 104 Å². The summed E-state index contributed by atoms with van der Waals surface area (Å²) in [6.45, 7) is 0. The molecule has 40 heavy (non-hydrogen) atoms. The molecule has 0 aromatic heterocycles. The molecule has 0 fully saturated rings. The van der Waals surface area contributed by atoms with Gasteiger partial charge < -0.3 is 25.0 Å². The average molecular weight is 561 g/mol. The summed E-state index contributed by atoms with van der Waals surface area (Å²) < 4.78 is 34.6. The monoisotopic (exact) mass is 560 g/mol. The molecule has 0 radical (unpaired) electrons. The summed E-state index contributed by atoms with van der Waals surface area (Å²) in [5, 5.41) is 59.5. The van der Waals surface area contributed by atoms with E-state index in [0.29, 0.717) is 22.1 Å². The molecular formula is C27H20N4O8S-2. The summed E-state index contributed by atoms with van der Waals surface area (Å²) in [5.41, 5.74) is -0.228. The van der Waals surface area contributed by atoms with Crippen molar-refractivity contribution in [2.45, 2.75) is 4.90 Å². The fraction of sp³-hybridized carbons (Fsp3) is 0. The molecule has 0 saturated heterocycles. The van der Waals surface area contributed by atoms with Crippen molar-refractivity contribution in [1.82, 2.24) is 0 Å². The smallest absolute Gasteiger partial charge is 0.343 e. The van der Waals surface area contributed by atoms with E-state index in [9.17, 15) is 38.2 Å². The third kappa shape index (κ3) is 4.77. The van der Waals surface area contributed by atoms with Gasteiger partial charge in [0.2, 0.25) is 0 Å². The molecule has 0 saturated carbocycles. The predicted octanol–water partition coefficient (Wildman–Crippen LogP) is 6.40. The van der Waals surface area contributed by atoms with Crippen LogP contribution in [0.2, 0.25) is 0 Å². The zero-order valence-electron chi connectivity index (χ0n) is 20.1. The van der Waals surface area contributed by atoms with Crippen LogP contribution in [-0.4, -0.2) is 34.3 Å². The van der Waals surface area contributed by atoms with Crippen molar-refractivity contribution in [2.24, 2.45) is 20.5 Å². The third-order valence-electron chi connectivity index (χ3n) is 5.98. The van der Waals surface area contributed by atoms with Gasteiger partial charge in [0.15, 0.2) is 5.75 Å². The van der Waals surface area contributed by atoms with E-state index >= 15 is 0 Å². The standard InChI is InChI=1S/C27H18N4O8S.2H2/c32-22-13-12-21(26(34)24(22)27(35)36)31-29-19-11-10-18(14-4-1-2-5-15(14)19)28-30-20-9-8-16-17(25(20)33)6-3-7-23(16)40(37,38)39;;/h1-13,32-34H,(H,35,36)(H,37,38,39);2*1H/p-2. The minimum absolute atomic E-state index is 0. The van der Waals surface area contributed by atoms with Gasteiger partial charge in [0.05, 0.1) is 22.0 Å². The van der Waals surface area contributed by atoms with E-state index in [1.165, 1.54) is 30.3 Å². The molecular weight excluding hydrogens is 540 g/mol. The van der Waals surface area contributed by atoms with E-state index in [0.717, 1.165) is 12.1 Å². The number of aromatic carboxylic acids is 1. The molecule has 0 aliphatic heterocycles. The number of carboxylic acids is 1. The fourth-order valence-corrected chi connectivity index (χ4v) is 4.80. The highest BCUT2D eigenvalue weighted by atomic mass is 32.2. The Kier molecular flexibility index (Phi) is 6.59. The molecule has 0 atom stereocenters. The number of benzene rings is 5. The number of hydrogen-bond donors (Lipinski definition) is 3. The summed E-state index contributed by atoms with van der Waals surface area (Å²) in [7, 11) is -4.79. The van der Waals surface area contributed by atoms with Crippen LogP contribution in [0.25, 0.3) is 21.5 Å². The first-order chi connectivity index (χ1) is 19.1. The molecule has 5 rings (SSSR count). The SMILES string of the molecule is O=C(O)c1c(O)ccc(N=Nc2ccc(N=Nc3ccc4c(S(=O)(=O)[O-])cccc4c3[O-])c3ccccc23)c1O.[HH].[HH]. The highest BCUT2D eigenvalue weighted by Crippen LogP contribution is 2.40. The van der Waals surface area contributed by atoms with Crippen molar-refractivity contribution in [2.75, 3.05) is 0 Å². The van der Waals surface area contributed by atoms with Gasteiger partial charge >= 0.3 is 5.97 Å². The zero-order valence-corrected chi connectivity index (χ0v) is 20.9. The number of phenols is 2. The Morgan fingerprint density at radius 3 is 1.80 bits per heavy atom. The van der Waals surface area contributed by atoms with Crippen molar-refractivity contribution in [1.29, 1.82) is 0 Å². The highest BCUT2D eigenvalue weighted by Gasteiger charge is 2.19. The van der Waals surface area contributed by atoms with Crippen LogP contribution in [-0.2, 0) is 10.1 Å². The van der Waals surface area contributed by atoms with Crippen LogP contribution >= 0.6 is 0 Å². The number of rotatable bonds is 6. The maximum absolute atomic E-state index is 12.9. The molecule has 0 unspecified atom stereocenters. The van der Waals surface area contributed by atoms with E-state index in [-0.39, 0.29) is 25.0 Å². The van der Waals surface area contributed by atoms with Gasteiger partial charge in [0, 0.05) is 13.6 Å². The molecule has 0 bridgehead atoms. The molecule has 13 heteroatoms. The minimum atomic E-state index is -4.79. The Morgan fingerprint density at radius 2 is 1.20 bits per heavy atom. The lowest BCUT2D eigenvalue weighted by molar-refractivity contribution is -0.264. The van der Waals surface area contributed by atoms with Crippen LogP contribution in [0, 0.1) is 0 Å². The lowest BCUT2D eigenvalue weighted by atomic mass is 10.1. The molecule has 5 aromatic rings. The number of nitrogens with zero attached hydrogens (tertiary/aromatic N) is 4. The van der Waals surface area contributed by atoms with Crippen LogP contribution < -0.4 is 5.11 Å². The largest absolute Gasteiger partial charge is 0.871 e. The summed E-state index contributed by atoms with van der Waals surface area (Å²) in [6, 6.07) is 18.8. The van der Waals surface area contributed by atoms with Crippen molar-refractivity contribution in [3.05, 3.63) is 84.4 Å². The molecule has 3 N–H and O–H groups in total. The van der Waals surface area contributed by atoms with E-state index < -0.39 is 43.8 Å². The Bertz CT molecular complexity index is 2020. The molecule has 12 nitrogen and oxygen atoms in total. The topological polar surface area (TPSA) is 207 Å². The van der Waals surface area contributed by atoms with Gasteiger partial charge in [-0.05, 0) is 47.2 Å². The second-order valence-corrected chi connectivity index (χ2v) is 9.75. The second-order valence-electron chi connectivity index (χ2n) is 8.40. The predicted molar refractivity (Wildman–Crippen MR) is 145 cm³/mol. The van der Waals surface area contributed by atoms with Crippen LogP contribution in [0.3, 0.4) is 0 Å². The number of azo groups is 2. The first-order valence-electron chi connectivity index (χ1n) is 11.4. The van der Waals surface area contributed by atoms with Crippen molar-refractivity contribution >= 4 is 60.4 Å². The van der Waals surface area contributed by atoms with Crippen molar-refractivity contribution in [3.63, 3.8) is 0 Å². The number of aromatic hydroxyl groups is 2. The number of carbonyl (C=O) groups is 1. The fourth-order valence-electron chi connectivity index (χ4n) is 4.10. The van der Waals surface area contributed by atoms with Gasteiger partial charge in [-0.25, -0.2) is 13.2 Å². The number of hydrogen-bond acceptors (Lipinski definition) is 11. The molecule has 5 aromatic carbocycles. The van der Waals surface area contributed by atoms with E-state index in [4.69, 9.17) is 0 Å². The second kappa shape index (κ2) is 10.1. The quantitative estimate of drug-likeness (QED) is 0.156. The van der Waals surface area contributed by atoms with Gasteiger partial charge in [-0.3, -0.25) is 0 Å². The van der Waals surface area contributed by atoms with Gasteiger partial charge in [0.25, 0.3) is 0 Å². The Hall–Kier alpha value is -5.40. The number of fused-ring (bicyclic) bond motifs is 2. The molecule has 0 spiro atoms. The van der Waals surface area contributed by atoms with E-state index in [2.05, 4.69) is 20.5 Å². The minimum Gasteiger partial charge on any atom is -0.871 e. The van der Waals surface area contributed by atoms with Gasteiger partial charge in [-0.2, -0.15) is 5.11 Å². The van der Waals surface area contributed by atoms with E-state index in [1.807, 2.05) is 0 Å². The molecule has 0 heterocycles. The highest BCUT2D eigenvalue weighted by molar-refractivity contribution is 7.86. The summed E-state index contributed by atoms with van der Waals surface area (Å²) >= 11 is 0. The van der Waals surface area contributed by atoms with Crippen LogP contribution in [0.4, 0.5) is 22.7 Å². The van der Waals surface area contributed by atoms with Crippen LogP contribution in [0.1, 0.15) is 13.2 Å². The maximum atomic E-state index is 12.9. The first kappa shape index (κ1) is 26.2. The zero-order chi connectivity index (χ0) is 28.6. The summed E-state index contributed by atoms with van der Waals surface area (Å²) in [5.74, 6) is -3.49. The summed E-state index contributed by atoms with van der Waals surface area (Å²) in [4.78, 5) is 10.8. The van der Waals surface area contributed by atoms with E-state index in [1.54, 1.807) is 36.4 Å². The van der Waals surface area contributed by atoms with Crippen molar-refractivity contribution < 1.29 is 41.0 Å². The van der Waals surface area contributed by atoms with Crippen LogP contribution in [0.5, 0.6) is 17.2 Å².